The Morgan fingerprint density at radius 2 is 2.12 bits per heavy atom. The van der Waals surface area contributed by atoms with Crippen LogP contribution in [-0.2, 0) is 6.42 Å². The minimum Gasteiger partial charge on any atom is -0.260 e. The lowest BCUT2D eigenvalue weighted by Crippen LogP contribution is -2.09. The van der Waals surface area contributed by atoms with Crippen LogP contribution in [0.3, 0.4) is 0 Å². The molecule has 88 valence electrons. The summed E-state index contributed by atoms with van der Waals surface area (Å²) in [5.41, 5.74) is 1.19. The van der Waals surface area contributed by atoms with Crippen molar-refractivity contribution in [3.8, 4) is 0 Å². The molecule has 0 spiro atoms. The number of aromatic nitrogens is 1. The maximum atomic E-state index is 6.28. The van der Waals surface area contributed by atoms with Crippen LogP contribution in [0.15, 0.2) is 22.8 Å². The Morgan fingerprint density at radius 3 is 2.88 bits per heavy atom. The molecule has 2 atom stereocenters. The highest BCUT2D eigenvalue weighted by Gasteiger charge is 2.19. The smallest absolute Gasteiger partial charge is 0.0413 e. The number of rotatable bonds is 2. The van der Waals surface area contributed by atoms with Gasteiger partial charge in [-0.1, -0.05) is 19.3 Å². The summed E-state index contributed by atoms with van der Waals surface area (Å²) in [5, 5.41) is 0.378. The summed E-state index contributed by atoms with van der Waals surface area (Å²) in [7, 11) is 0. The molecule has 1 aliphatic carbocycles. The van der Waals surface area contributed by atoms with Crippen LogP contribution in [-0.4, -0.2) is 10.4 Å². The normalized spacial score (nSPS) is 26.4. The van der Waals surface area contributed by atoms with Gasteiger partial charge in [0.25, 0.3) is 0 Å². The van der Waals surface area contributed by atoms with E-state index in [1.807, 2.05) is 6.20 Å². The van der Waals surface area contributed by atoms with E-state index >= 15 is 0 Å². The van der Waals surface area contributed by atoms with E-state index in [-0.39, 0.29) is 0 Å². The zero-order chi connectivity index (χ0) is 11.4. The van der Waals surface area contributed by atoms with E-state index in [1.54, 1.807) is 0 Å². The third kappa shape index (κ3) is 3.74. The van der Waals surface area contributed by atoms with E-state index in [1.165, 1.54) is 31.4 Å². The molecular weight excluding hydrogens is 286 g/mol. The first-order chi connectivity index (χ1) is 7.74. The molecule has 1 aromatic heterocycles. The molecule has 0 N–H and O–H groups in total. The number of pyridine rings is 1. The van der Waals surface area contributed by atoms with E-state index in [0.717, 1.165) is 23.2 Å². The Hall–Kier alpha value is -0.0800. The third-order valence-electron chi connectivity index (χ3n) is 3.26. The molecule has 2 rings (SSSR count). The molecule has 0 aliphatic heterocycles. The van der Waals surface area contributed by atoms with Gasteiger partial charge in [0.05, 0.1) is 0 Å². The zero-order valence-corrected chi connectivity index (χ0v) is 11.7. The fourth-order valence-electron chi connectivity index (χ4n) is 2.40. The molecule has 3 heteroatoms. The van der Waals surface area contributed by atoms with Crippen LogP contribution in [0.2, 0.25) is 0 Å². The highest BCUT2D eigenvalue weighted by Crippen LogP contribution is 2.28. The molecular formula is C13H17BrClN. The first kappa shape index (κ1) is 12.4. The summed E-state index contributed by atoms with van der Waals surface area (Å²) < 4.78 is 1.05. The fourth-order valence-corrected chi connectivity index (χ4v) is 3.05. The predicted molar refractivity (Wildman–Crippen MR) is 71.9 cm³/mol. The fraction of sp³-hybridized carbons (Fsp3) is 0.615. The van der Waals surface area contributed by atoms with Crippen molar-refractivity contribution in [3.05, 3.63) is 28.5 Å². The van der Waals surface area contributed by atoms with E-state index < -0.39 is 0 Å². The monoisotopic (exact) mass is 301 g/mol. The second-order valence-corrected chi connectivity index (χ2v) is 6.19. The minimum atomic E-state index is 0.378. The van der Waals surface area contributed by atoms with Gasteiger partial charge in [0.2, 0.25) is 0 Å². The van der Waals surface area contributed by atoms with Crippen LogP contribution in [0.25, 0.3) is 0 Å². The average Bonchev–Trinajstić information content (AvgIpc) is 2.46. The maximum absolute atomic E-state index is 6.28. The topological polar surface area (TPSA) is 12.9 Å². The van der Waals surface area contributed by atoms with Gasteiger partial charge in [-0.15, -0.1) is 11.6 Å². The molecule has 0 amide bonds. The van der Waals surface area contributed by atoms with Crippen molar-refractivity contribution in [1.82, 2.24) is 4.98 Å². The Labute approximate surface area is 111 Å². The molecule has 0 aromatic carbocycles. The summed E-state index contributed by atoms with van der Waals surface area (Å²) >= 11 is 9.69. The standard InChI is InChI=1S/C13H17BrClN/c14-11-5-6-13(16-9-11)8-10-3-1-2-4-12(15)7-10/h5-6,9-10,12H,1-4,7-8H2. The summed E-state index contributed by atoms with van der Waals surface area (Å²) in [5.74, 6) is 0.721. The van der Waals surface area contributed by atoms with Crippen LogP contribution in [0.4, 0.5) is 0 Å². The first-order valence-corrected chi connectivity index (χ1v) is 7.21. The van der Waals surface area contributed by atoms with Gasteiger partial charge in [-0.25, -0.2) is 0 Å². The van der Waals surface area contributed by atoms with E-state index in [9.17, 15) is 0 Å². The van der Waals surface area contributed by atoms with Crippen molar-refractivity contribution < 1.29 is 0 Å². The molecule has 1 fully saturated rings. The first-order valence-electron chi connectivity index (χ1n) is 5.98. The molecule has 1 heterocycles. The van der Waals surface area contributed by atoms with Gasteiger partial charge in [-0.2, -0.15) is 0 Å². The Morgan fingerprint density at radius 1 is 1.31 bits per heavy atom. The van der Waals surface area contributed by atoms with Crippen molar-refractivity contribution >= 4 is 27.5 Å². The Kier molecular flexibility index (Phi) is 4.66. The van der Waals surface area contributed by atoms with Crippen molar-refractivity contribution in [2.24, 2.45) is 5.92 Å². The van der Waals surface area contributed by atoms with Crippen LogP contribution in [0, 0.1) is 5.92 Å². The molecule has 1 saturated carbocycles. The highest BCUT2D eigenvalue weighted by molar-refractivity contribution is 9.10. The van der Waals surface area contributed by atoms with Crippen molar-refractivity contribution in [2.45, 2.75) is 43.9 Å². The quantitative estimate of drug-likeness (QED) is 0.576. The summed E-state index contributed by atoms with van der Waals surface area (Å²) in [4.78, 5) is 4.44. The molecule has 16 heavy (non-hydrogen) atoms. The number of nitrogens with zero attached hydrogens (tertiary/aromatic N) is 1. The SMILES string of the molecule is ClC1CCCCC(Cc2ccc(Br)cn2)C1. The number of hydrogen-bond acceptors (Lipinski definition) is 1. The van der Waals surface area contributed by atoms with E-state index in [0.29, 0.717) is 5.38 Å². The van der Waals surface area contributed by atoms with Crippen LogP contribution in [0.5, 0.6) is 0 Å². The number of halogens is 2. The maximum Gasteiger partial charge on any atom is 0.0413 e. The van der Waals surface area contributed by atoms with E-state index in [4.69, 9.17) is 11.6 Å². The largest absolute Gasteiger partial charge is 0.260 e. The molecule has 0 radical (unpaired) electrons. The molecule has 1 aromatic rings. The lowest BCUT2D eigenvalue weighted by Gasteiger charge is -2.15. The molecule has 1 nitrogen and oxygen atoms in total. The van der Waals surface area contributed by atoms with Gasteiger partial charge in [-0.3, -0.25) is 4.98 Å². The molecule has 0 bridgehead atoms. The second kappa shape index (κ2) is 6.02. The van der Waals surface area contributed by atoms with Gasteiger partial charge >= 0.3 is 0 Å². The van der Waals surface area contributed by atoms with Crippen molar-refractivity contribution in [1.29, 1.82) is 0 Å². The Bertz CT molecular complexity index is 325. The zero-order valence-electron chi connectivity index (χ0n) is 9.33. The van der Waals surface area contributed by atoms with Gasteiger partial charge in [-0.05, 0) is 53.2 Å². The van der Waals surface area contributed by atoms with Crippen LogP contribution >= 0.6 is 27.5 Å². The van der Waals surface area contributed by atoms with Crippen LogP contribution in [0.1, 0.15) is 37.8 Å². The van der Waals surface area contributed by atoms with Crippen LogP contribution < -0.4 is 0 Å². The Balaban J connectivity index is 1.95. The molecule has 0 saturated heterocycles. The minimum absolute atomic E-state index is 0.378. The third-order valence-corrected chi connectivity index (χ3v) is 4.12. The highest BCUT2D eigenvalue weighted by atomic mass is 79.9. The number of alkyl halides is 1. The lowest BCUT2D eigenvalue weighted by atomic mass is 9.95. The lowest BCUT2D eigenvalue weighted by molar-refractivity contribution is 0.456. The second-order valence-electron chi connectivity index (χ2n) is 4.66. The number of hydrogen-bond donors (Lipinski definition) is 0. The van der Waals surface area contributed by atoms with Crippen molar-refractivity contribution in [3.63, 3.8) is 0 Å². The molecule has 2 unspecified atom stereocenters. The van der Waals surface area contributed by atoms with Gasteiger partial charge in [0, 0.05) is 21.7 Å². The van der Waals surface area contributed by atoms with Crippen molar-refractivity contribution in [2.75, 3.05) is 0 Å². The summed E-state index contributed by atoms with van der Waals surface area (Å²) in [6.45, 7) is 0. The van der Waals surface area contributed by atoms with Gasteiger partial charge < -0.3 is 0 Å². The average molecular weight is 303 g/mol. The summed E-state index contributed by atoms with van der Waals surface area (Å²) in [6.07, 6.45) is 9.22. The van der Waals surface area contributed by atoms with E-state index in [2.05, 4.69) is 33.0 Å². The predicted octanol–water partition coefficient (Wildman–Crippen LogP) is 4.57. The summed E-state index contributed by atoms with van der Waals surface area (Å²) in [6, 6.07) is 4.18. The van der Waals surface area contributed by atoms with Gasteiger partial charge in [0.1, 0.15) is 0 Å². The molecule has 1 aliphatic rings. The van der Waals surface area contributed by atoms with Gasteiger partial charge in [0.15, 0.2) is 0 Å².